The van der Waals surface area contributed by atoms with E-state index in [0.29, 0.717) is 33.6 Å². The maximum atomic E-state index is 8.93. The van der Waals surface area contributed by atoms with Crippen LogP contribution >= 0.6 is 11.6 Å². The van der Waals surface area contributed by atoms with Crippen molar-refractivity contribution in [1.29, 1.82) is 5.26 Å². The molecule has 20 heavy (non-hydrogen) atoms. The van der Waals surface area contributed by atoms with Gasteiger partial charge in [0.25, 0.3) is 0 Å². The van der Waals surface area contributed by atoms with Crippen LogP contribution < -0.4 is 14.2 Å². The van der Waals surface area contributed by atoms with Gasteiger partial charge in [-0.05, 0) is 30.3 Å². The molecule has 0 saturated heterocycles. The molecule has 0 aliphatic carbocycles. The molecule has 0 unspecified atom stereocenters. The summed E-state index contributed by atoms with van der Waals surface area (Å²) >= 11 is 5.94. The van der Waals surface area contributed by atoms with Gasteiger partial charge in [-0.25, -0.2) is 0 Å². The minimum absolute atomic E-state index is 0.425. The van der Waals surface area contributed by atoms with Crippen LogP contribution in [0.4, 0.5) is 0 Å². The number of hydrogen-bond donors (Lipinski definition) is 0. The minimum atomic E-state index is 0.425. The van der Waals surface area contributed by atoms with Crippen molar-refractivity contribution in [2.24, 2.45) is 0 Å². The number of rotatable bonds is 4. The van der Waals surface area contributed by atoms with E-state index < -0.39 is 0 Å². The lowest BCUT2D eigenvalue weighted by atomic mass is 10.2. The minimum Gasteiger partial charge on any atom is -0.497 e. The van der Waals surface area contributed by atoms with Crippen molar-refractivity contribution in [2.75, 3.05) is 14.2 Å². The molecule has 0 aliphatic heterocycles. The second kappa shape index (κ2) is 6.18. The second-order valence-corrected chi connectivity index (χ2v) is 4.34. The molecule has 0 aromatic heterocycles. The summed E-state index contributed by atoms with van der Waals surface area (Å²) in [7, 11) is 3.12. The van der Waals surface area contributed by atoms with Crippen LogP contribution in [0.25, 0.3) is 0 Å². The lowest BCUT2D eigenvalue weighted by Gasteiger charge is -2.12. The fourth-order valence-electron chi connectivity index (χ4n) is 1.68. The lowest BCUT2D eigenvalue weighted by molar-refractivity contribution is 0.371. The molecule has 4 nitrogen and oxygen atoms in total. The highest BCUT2D eigenvalue weighted by Crippen LogP contribution is 2.35. The van der Waals surface area contributed by atoms with Gasteiger partial charge in [-0.1, -0.05) is 11.6 Å². The van der Waals surface area contributed by atoms with Crippen molar-refractivity contribution in [3.63, 3.8) is 0 Å². The van der Waals surface area contributed by atoms with Crippen molar-refractivity contribution in [2.45, 2.75) is 0 Å². The molecule has 0 saturated carbocycles. The van der Waals surface area contributed by atoms with E-state index in [9.17, 15) is 0 Å². The first-order valence-electron chi connectivity index (χ1n) is 5.77. The molecule has 0 N–H and O–H groups in total. The van der Waals surface area contributed by atoms with Gasteiger partial charge in [0.2, 0.25) is 0 Å². The van der Waals surface area contributed by atoms with Crippen molar-refractivity contribution in [1.82, 2.24) is 0 Å². The Kier molecular flexibility index (Phi) is 4.34. The van der Waals surface area contributed by atoms with Crippen LogP contribution in [-0.2, 0) is 0 Å². The molecule has 0 atom stereocenters. The highest BCUT2D eigenvalue weighted by Gasteiger charge is 2.09. The van der Waals surface area contributed by atoms with Gasteiger partial charge < -0.3 is 14.2 Å². The Morgan fingerprint density at radius 3 is 2.40 bits per heavy atom. The highest BCUT2D eigenvalue weighted by molar-refractivity contribution is 6.30. The third-order valence-electron chi connectivity index (χ3n) is 2.60. The van der Waals surface area contributed by atoms with Crippen LogP contribution in [0, 0.1) is 11.3 Å². The molecular formula is C15H12ClNO3. The smallest absolute Gasteiger partial charge is 0.172 e. The first-order chi connectivity index (χ1) is 9.66. The second-order valence-electron chi connectivity index (χ2n) is 3.91. The molecule has 0 spiro atoms. The number of nitrogens with zero attached hydrogens (tertiary/aromatic N) is 1. The molecule has 2 aromatic carbocycles. The predicted octanol–water partition coefficient (Wildman–Crippen LogP) is 4.02. The Balaban J connectivity index is 2.38. The van der Waals surface area contributed by atoms with Gasteiger partial charge in [-0.2, -0.15) is 5.26 Å². The van der Waals surface area contributed by atoms with Crippen LogP contribution in [0.2, 0.25) is 5.02 Å². The summed E-state index contributed by atoms with van der Waals surface area (Å²) in [5.74, 6) is 2.14. The van der Waals surface area contributed by atoms with Crippen LogP contribution in [-0.4, -0.2) is 14.2 Å². The van der Waals surface area contributed by atoms with Crippen LogP contribution in [0.15, 0.2) is 36.4 Å². The third kappa shape index (κ3) is 3.14. The monoisotopic (exact) mass is 289 g/mol. The number of hydrogen-bond acceptors (Lipinski definition) is 4. The Hall–Kier alpha value is -2.38. The molecule has 0 aliphatic rings. The lowest BCUT2D eigenvalue weighted by Crippen LogP contribution is -1.92. The summed E-state index contributed by atoms with van der Waals surface area (Å²) in [4.78, 5) is 0. The van der Waals surface area contributed by atoms with E-state index in [-0.39, 0.29) is 0 Å². The molecule has 0 amide bonds. The fraction of sp³-hybridized carbons (Fsp3) is 0.133. The average molecular weight is 290 g/mol. The molecule has 0 heterocycles. The topological polar surface area (TPSA) is 51.5 Å². The molecule has 2 rings (SSSR count). The molecular weight excluding hydrogens is 278 g/mol. The van der Waals surface area contributed by atoms with Crippen molar-refractivity contribution in [3.05, 3.63) is 47.0 Å². The number of halogens is 1. The number of nitriles is 1. The zero-order valence-electron chi connectivity index (χ0n) is 11.0. The maximum absolute atomic E-state index is 8.93. The first-order valence-corrected chi connectivity index (χ1v) is 6.14. The summed E-state index contributed by atoms with van der Waals surface area (Å²) in [6, 6.07) is 12.0. The van der Waals surface area contributed by atoms with Crippen LogP contribution in [0.3, 0.4) is 0 Å². The molecule has 5 heteroatoms. The van der Waals surface area contributed by atoms with Crippen molar-refractivity contribution >= 4 is 11.6 Å². The number of ether oxygens (including phenoxy) is 3. The van der Waals surface area contributed by atoms with E-state index in [2.05, 4.69) is 0 Å². The van der Waals surface area contributed by atoms with Crippen molar-refractivity contribution < 1.29 is 14.2 Å². The Bertz CT molecular complexity index is 665. The van der Waals surface area contributed by atoms with Gasteiger partial charge in [0.15, 0.2) is 11.5 Å². The molecule has 0 bridgehead atoms. The molecule has 0 fully saturated rings. The summed E-state index contributed by atoms with van der Waals surface area (Å²) in [6.07, 6.45) is 0. The van der Waals surface area contributed by atoms with Crippen molar-refractivity contribution in [3.8, 4) is 29.1 Å². The number of benzene rings is 2. The van der Waals surface area contributed by atoms with Gasteiger partial charge >= 0.3 is 0 Å². The van der Waals surface area contributed by atoms with Gasteiger partial charge in [0.1, 0.15) is 11.5 Å². The summed E-state index contributed by atoms with van der Waals surface area (Å²) in [5, 5.41) is 9.36. The van der Waals surface area contributed by atoms with E-state index in [1.54, 1.807) is 50.6 Å². The van der Waals surface area contributed by atoms with E-state index >= 15 is 0 Å². The molecule has 0 radical (unpaired) electrons. The average Bonchev–Trinajstić information content (AvgIpc) is 2.46. The van der Waals surface area contributed by atoms with E-state index in [1.165, 1.54) is 0 Å². The standard InChI is InChI=1S/C15H12ClNO3/c1-18-12-3-4-14(19-2)15(8-12)20-13-6-10(9-17)5-11(16)7-13/h3-8H,1-2H3. The van der Waals surface area contributed by atoms with Gasteiger partial charge in [0.05, 0.1) is 25.9 Å². The third-order valence-corrected chi connectivity index (χ3v) is 2.82. The predicted molar refractivity (Wildman–Crippen MR) is 75.8 cm³/mol. The quantitative estimate of drug-likeness (QED) is 0.853. The van der Waals surface area contributed by atoms with Crippen LogP contribution in [0.5, 0.6) is 23.0 Å². The van der Waals surface area contributed by atoms with E-state index in [1.807, 2.05) is 6.07 Å². The normalized spacial score (nSPS) is 9.70. The Labute approximate surface area is 122 Å². The van der Waals surface area contributed by atoms with E-state index in [0.717, 1.165) is 0 Å². The number of methoxy groups -OCH3 is 2. The zero-order chi connectivity index (χ0) is 14.5. The highest BCUT2D eigenvalue weighted by atomic mass is 35.5. The first kappa shape index (κ1) is 14.0. The molecule has 102 valence electrons. The van der Waals surface area contributed by atoms with Crippen LogP contribution in [0.1, 0.15) is 5.56 Å². The Morgan fingerprint density at radius 1 is 0.950 bits per heavy atom. The fourth-order valence-corrected chi connectivity index (χ4v) is 1.90. The van der Waals surface area contributed by atoms with Gasteiger partial charge in [-0.15, -0.1) is 0 Å². The summed E-state index contributed by atoms with van der Waals surface area (Å²) in [6.45, 7) is 0. The Morgan fingerprint density at radius 2 is 1.75 bits per heavy atom. The maximum Gasteiger partial charge on any atom is 0.172 e. The van der Waals surface area contributed by atoms with Gasteiger partial charge in [-0.3, -0.25) is 0 Å². The zero-order valence-corrected chi connectivity index (χ0v) is 11.8. The summed E-state index contributed by atoms with van der Waals surface area (Å²) in [5.41, 5.74) is 0.425. The van der Waals surface area contributed by atoms with E-state index in [4.69, 9.17) is 31.1 Å². The SMILES string of the molecule is COc1ccc(OC)c(Oc2cc(Cl)cc(C#N)c2)c1. The molecule has 2 aromatic rings. The summed E-state index contributed by atoms with van der Waals surface area (Å²) < 4.78 is 16.1. The largest absolute Gasteiger partial charge is 0.497 e. The van der Waals surface area contributed by atoms with Gasteiger partial charge in [0, 0.05) is 11.1 Å².